The molecule has 1 saturated heterocycles. The summed E-state index contributed by atoms with van der Waals surface area (Å²) in [7, 11) is 1.67. The molecule has 0 radical (unpaired) electrons. The van der Waals surface area contributed by atoms with Gasteiger partial charge in [0.2, 0.25) is 0 Å². The molecular formula is C23H31ClN2O3. The van der Waals surface area contributed by atoms with Crippen molar-refractivity contribution in [1.29, 1.82) is 0 Å². The van der Waals surface area contributed by atoms with Gasteiger partial charge in [-0.1, -0.05) is 31.2 Å². The van der Waals surface area contributed by atoms with E-state index in [1.165, 1.54) is 24.0 Å². The first-order valence-corrected chi connectivity index (χ1v) is 10.1. The zero-order chi connectivity index (χ0) is 19.8. The van der Waals surface area contributed by atoms with Crippen LogP contribution in [0.15, 0.2) is 48.5 Å². The van der Waals surface area contributed by atoms with Gasteiger partial charge in [0.15, 0.2) is 6.61 Å². The molecule has 2 aromatic rings. The molecule has 0 bridgehead atoms. The molecule has 0 aliphatic carbocycles. The van der Waals surface area contributed by atoms with Gasteiger partial charge < -0.3 is 14.8 Å². The van der Waals surface area contributed by atoms with Crippen LogP contribution in [0, 0.1) is 0 Å². The van der Waals surface area contributed by atoms with Crippen LogP contribution in [-0.4, -0.2) is 44.2 Å². The minimum absolute atomic E-state index is 0. The average Bonchev–Trinajstić information content (AvgIpc) is 3.28. The molecule has 1 amide bonds. The molecule has 0 spiro atoms. The summed E-state index contributed by atoms with van der Waals surface area (Å²) < 4.78 is 10.9. The number of rotatable bonds is 9. The van der Waals surface area contributed by atoms with Crippen LogP contribution in [0.4, 0.5) is 0 Å². The second kappa shape index (κ2) is 11.7. The van der Waals surface area contributed by atoms with E-state index in [2.05, 4.69) is 29.3 Å². The summed E-state index contributed by atoms with van der Waals surface area (Å²) in [6.45, 7) is 4.84. The van der Waals surface area contributed by atoms with Gasteiger partial charge in [0, 0.05) is 6.54 Å². The molecule has 0 aromatic heterocycles. The van der Waals surface area contributed by atoms with Crippen molar-refractivity contribution in [2.24, 2.45) is 0 Å². The van der Waals surface area contributed by atoms with E-state index in [9.17, 15) is 4.79 Å². The van der Waals surface area contributed by atoms with Crippen LogP contribution in [-0.2, 0) is 11.2 Å². The molecule has 2 aromatic carbocycles. The minimum atomic E-state index is -0.0997. The molecule has 5 nitrogen and oxygen atoms in total. The predicted octanol–water partition coefficient (Wildman–Crippen LogP) is 4.01. The number of hydrogen-bond donors (Lipinski definition) is 1. The van der Waals surface area contributed by atoms with Crippen LogP contribution in [0.3, 0.4) is 0 Å². The van der Waals surface area contributed by atoms with Gasteiger partial charge in [-0.25, -0.2) is 0 Å². The molecule has 158 valence electrons. The zero-order valence-corrected chi connectivity index (χ0v) is 18.0. The summed E-state index contributed by atoms with van der Waals surface area (Å²) in [5.74, 6) is 1.46. The van der Waals surface area contributed by atoms with Crippen LogP contribution >= 0.6 is 12.4 Å². The van der Waals surface area contributed by atoms with Gasteiger partial charge >= 0.3 is 0 Å². The highest BCUT2D eigenvalue weighted by Gasteiger charge is 2.24. The Hall–Kier alpha value is -2.24. The summed E-state index contributed by atoms with van der Waals surface area (Å²) >= 11 is 0. The highest BCUT2D eigenvalue weighted by Crippen LogP contribution is 2.26. The Morgan fingerprint density at radius 1 is 1.03 bits per heavy atom. The number of benzene rings is 2. The van der Waals surface area contributed by atoms with Gasteiger partial charge in [0.05, 0.1) is 13.2 Å². The maximum absolute atomic E-state index is 12.3. The lowest BCUT2D eigenvalue weighted by Gasteiger charge is -2.28. The Morgan fingerprint density at radius 3 is 2.24 bits per heavy atom. The lowest BCUT2D eigenvalue weighted by atomic mass is 10.1. The molecule has 1 aliphatic heterocycles. The van der Waals surface area contributed by atoms with Gasteiger partial charge in [0.25, 0.3) is 5.91 Å². The number of halogens is 1. The van der Waals surface area contributed by atoms with Gasteiger partial charge in [-0.3, -0.25) is 9.69 Å². The fourth-order valence-corrected chi connectivity index (χ4v) is 3.57. The first-order valence-electron chi connectivity index (χ1n) is 10.1. The normalized spacial score (nSPS) is 14.7. The largest absolute Gasteiger partial charge is 0.497 e. The van der Waals surface area contributed by atoms with Gasteiger partial charge in [-0.15, -0.1) is 12.4 Å². The molecule has 3 rings (SSSR count). The summed E-state index contributed by atoms with van der Waals surface area (Å²) in [6, 6.07) is 16.2. The summed E-state index contributed by atoms with van der Waals surface area (Å²) in [5.41, 5.74) is 2.45. The summed E-state index contributed by atoms with van der Waals surface area (Å²) in [5, 5.41) is 3.04. The van der Waals surface area contributed by atoms with Crippen molar-refractivity contribution >= 4 is 18.3 Å². The Labute approximate surface area is 179 Å². The topological polar surface area (TPSA) is 50.8 Å². The first kappa shape index (κ1) is 23.0. The van der Waals surface area contributed by atoms with Crippen molar-refractivity contribution in [2.45, 2.75) is 32.2 Å². The third-order valence-electron chi connectivity index (χ3n) is 5.28. The number of carbonyl (C=O) groups is 1. The first-order chi connectivity index (χ1) is 13.7. The Bertz CT molecular complexity index is 744. The number of nitrogens with one attached hydrogen (secondary N) is 1. The van der Waals surface area contributed by atoms with E-state index >= 15 is 0 Å². The van der Waals surface area contributed by atoms with E-state index in [0.29, 0.717) is 6.54 Å². The van der Waals surface area contributed by atoms with Gasteiger partial charge in [-0.05, 0) is 67.7 Å². The van der Waals surface area contributed by atoms with Crippen LogP contribution in [0.5, 0.6) is 11.5 Å². The number of likely N-dealkylation sites (tertiary alicyclic amines) is 1. The van der Waals surface area contributed by atoms with E-state index in [1.54, 1.807) is 7.11 Å². The Morgan fingerprint density at radius 2 is 1.66 bits per heavy atom. The van der Waals surface area contributed by atoms with Crippen molar-refractivity contribution in [1.82, 2.24) is 10.2 Å². The SMILES string of the molecule is CCc1ccc(OCC(=O)NCC(c2ccc(OC)cc2)N2CCCC2)cc1.Cl. The van der Waals surface area contributed by atoms with Crippen molar-refractivity contribution in [3.63, 3.8) is 0 Å². The number of amides is 1. The molecule has 1 heterocycles. The number of hydrogen-bond acceptors (Lipinski definition) is 4. The second-order valence-electron chi connectivity index (χ2n) is 7.12. The van der Waals surface area contributed by atoms with E-state index in [4.69, 9.17) is 9.47 Å². The molecule has 1 fully saturated rings. The Kier molecular flexibility index (Phi) is 9.29. The smallest absolute Gasteiger partial charge is 0.258 e. The molecule has 1 aliphatic rings. The van der Waals surface area contributed by atoms with Crippen molar-refractivity contribution in [2.75, 3.05) is 33.4 Å². The monoisotopic (exact) mass is 418 g/mol. The highest BCUT2D eigenvalue weighted by molar-refractivity contribution is 5.85. The third-order valence-corrected chi connectivity index (χ3v) is 5.28. The number of carbonyl (C=O) groups excluding carboxylic acids is 1. The Balaban J connectivity index is 0.00000300. The summed E-state index contributed by atoms with van der Waals surface area (Å²) in [6.07, 6.45) is 3.40. The maximum atomic E-state index is 12.3. The zero-order valence-electron chi connectivity index (χ0n) is 17.2. The third kappa shape index (κ3) is 6.65. The van der Waals surface area contributed by atoms with Gasteiger partial charge in [-0.2, -0.15) is 0 Å². The van der Waals surface area contributed by atoms with E-state index in [1.807, 2.05) is 36.4 Å². The number of aryl methyl sites for hydroxylation is 1. The number of nitrogens with zero attached hydrogens (tertiary/aromatic N) is 1. The number of methoxy groups -OCH3 is 1. The van der Waals surface area contributed by atoms with E-state index in [-0.39, 0.29) is 31.0 Å². The fraction of sp³-hybridized carbons (Fsp3) is 0.435. The molecule has 6 heteroatoms. The molecular weight excluding hydrogens is 388 g/mol. The van der Waals surface area contributed by atoms with Crippen LogP contribution < -0.4 is 14.8 Å². The van der Waals surface area contributed by atoms with Crippen LogP contribution in [0.25, 0.3) is 0 Å². The molecule has 0 saturated carbocycles. The van der Waals surface area contributed by atoms with E-state index < -0.39 is 0 Å². The quantitative estimate of drug-likeness (QED) is 0.668. The minimum Gasteiger partial charge on any atom is -0.497 e. The maximum Gasteiger partial charge on any atom is 0.258 e. The van der Waals surface area contributed by atoms with Crippen molar-refractivity contribution < 1.29 is 14.3 Å². The number of ether oxygens (including phenoxy) is 2. The second-order valence-corrected chi connectivity index (χ2v) is 7.12. The molecule has 1 unspecified atom stereocenters. The van der Waals surface area contributed by atoms with Crippen LogP contribution in [0.2, 0.25) is 0 Å². The lowest BCUT2D eigenvalue weighted by molar-refractivity contribution is -0.123. The predicted molar refractivity (Wildman–Crippen MR) is 118 cm³/mol. The van der Waals surface area contributed by atoms with Crippen molar-refractivity contribution in [3.8, 4) is 11.5 Å². The highest BCUT2D eigenvalue weighted by atomic mass is 35.5. The lowest BCUT2D eigenvalue weighted by Crippen LogP contribution is -2.38. The summed E-state index contributed by atoms with van der Waals surface area (Å²) in [4.78, 5) is 14.8. The molecule has 29 heavy (non-hydrogen) atoms. The molecule has 1 atom stereocenters. The molecule has 1 N–H and O–H groups in total. The standard InChI is InChI=1S/C23H30N2O3.ClH/c1-3-18-6-10-21(11-7-18)28-17-23(26)24-16-22(25-14-4-5-15-25)19-8-12-20(27-2)13-9-19;/h6-13,22H,3-5,14-17H2,1-2H3,(H,24,26);1H. The van der Waals surface area contributed by atoms with Crippen LogP contribution in [0.1, 0.15) is 36.9 Å². The average molecular weight is 419 g/mol. The fourth-order valence-electron chi connectivity index (χ4n) is 3.57. The van der Waals surface area contributed by atoms with Gasteiger partial charge in [0.1, 0.15) is 11.5 Å². The van der Waals surface area contributed by atoms with Crippen molar-refractivity contribution in [3.05, 3.63) is 59.7 Å². The van der Waals surface area contributed by atoms with E-state index in [0.717, 1.165) is 31.0 Å².